The van der Waals surface area contributed by atoms with Crippen molar-refractivity contribution in [1.29, 1.82) is 0 Å². The molecule has 1 aromatic rings. The predicted octanol–water partition coefficient (Wildman–Crippen LogP) is 1.71. The molecule has 1 rings (SSSR count). The molecule has 24 heavy (non-hydrogen) atoms. The Kier molecular flexibility index (Phi) is 7.86. The highest BCUT2D eigenvalue weighted by molar-refractivity contribution is 7.89. The van der Waals surface area contributed by atoms with Crippen LogP contribution in [0.3, 0.4) is 0 Å². The Morgan fingerprint density at radius 1 is 1.08 bits per heavy atom. The predicted molar refractivity (Wildman–Crippen MR) is 94.3 cm³/mol. The van der Waals surface area contributed by atoms with Crippen LogP contribution in [0.25, 0.3) is 0 Å². The molecule has 6 nitrogen and oxygen atoms in total. The molecule has 0 aliphatic carbocycles. The normalized spacial score (nSPS) is 12.2. The highest BCUT2D eigenvalue weighted by Crippen LogP contribution is 2.19. The number of aliphatic hydroxyl groups excluding tert-OH is 1. The van der Waals surface area contributed by atoms with E-state index < -0.39 is 10.0 Å². The molecule has 7 heteroatoms. The average Bonchev–Trinajstić information content (AvgIpc) is 2.51. The van der Waals surface area contributed by atoms with Gasteiger partial charge in [0.05, 0.1) is 11.5 Å². The maximum absolute atomic E-state index is 12.8. The molecule has 0 heterocycles. The van der Waals surface area contributed by atoms with Gasteiger partial charge in [-0.15, -0.1) is 0 Å². The maximum Gasteiger partial charge on any atom is 0.251 e. The number of amides is 1. The molecule has 0 saturated heterocycles. The molecule has 0 aliphatic heterocycles. The Hall–Kier alpha value is -1.44. The summed E-state index contributed by atoms with van der Waals surface area (Å²) < 4.78 is 27.2. The number of hydrogen-bond acceptors (Lipinski definition) is 4. The first-order chi connectivity index (χ1) is 11.2. The first-order valence-corrected chi connectivity index (χ1v) is 9.61. The van der Waals surface area contributed by atoms with Gasteiger partial charge in [0.2, 0.25) is 10.0 Å². The fraction of sp³-hybridized carbons (Fsp3) is 0.588. The van der Waals surface area contributed by atoms with Gasteiger partial charge in [0.25, 0.3) is 5.91 Å². The van der Waals surface area contributed by atoms with Crippen molar-refractivity contribution in [2.45, 2.75) is 32.6 Å². The molecule has 0 unspecified atom stereocenters. The van der Waals surface area contributed by atoms with Crippen LogP contribution < -0.4 is 5.32 Å². The van der Waals surface area contributed by atoms with Crippen molar-refractivity contribution < 1.29 is 18.3 Å². The summed E-state index contributed by atoms with van der Waals surface area (Å²) in [5.41, 5.74) is 0.363. The zero-order chi connectivity index (χ0) is 18.3. The summed E-state index contributed by atoms with van der Waals surface area (Å²) in [6, 6.07) is 5.89. The topological polar surface area (TPSA) is 86.7 Å². The van der Waals surface area contributed by atoms with E-state index in [0.717, 1.165) is 0 Å². The number of nitrogens with one attached hydrogen (secondary N) is 1. The first kappa shape index (κ1) is 20.6. The summed E-state index contributed by atoms with van der Waals surface area (Å²) in [5, 5.41) is 11.3. The number of rotatable bonds is 9. The third kappa shape index (κ3) is 5.89. The highest BCUT2D eigenvalue weighted by atomic mass is 32.2. The third-order valence-corrected chi connectivity index (χ3v) is 5.14. The summed E-state index contributed by atoms with van der Waals surface area (Å²) in [7, 11) is -3.59. The van der Waals surface area contributed by atoms with E-state index in [1.165, 1.54) is 28.6 Å². The molecule has 2 N–H and O–H groups in total. The van der Waals surface area contributed by atoms with Crippen LogP contribution >= 0.6 is 0 Å². The van der Waals surface area contributed by atoms with Crippen LogP contribution in [0.5, 0.6) is 0 Å². The van der Waals surface area contributed by atoms with Crippen molar-refractivity contribution in [2.24, 2.45) is 11.8 Å². The summed E-state index contributed by atoms with van der Waals surface area (Å²) in [6.07, 6.45) is 0. The Morgan fingerprint density at radius 3 is 2.00 bits per heavy atom. The number of sulfonamides is 1. The van der Waals surface area contributed by atoms with Gasteiger partial charge in [-0.3, -0.25) is 4.79 Å². The van der Waals surface area contributed by atoms with Crippen LogP contribution in [0.4, 0.5) is 0 Å². The standard InChI is InChI=1S/C17H28N2O4S/c1-13(2)11-19(12-14(3)4)24(22,23)16-7-5-15(6-8-16)17(21)18-9-10-20/h5-8,13-14,20H,9-12H2,1-4H3,(H,18,21). The van der Waals surface area contributed by atoms with E-state index in [0.29, 0.717) is 18.7 Å². The number of nitrogens with zero attached hydrogens (tertiary/aromatic N) is 1. The summed E-state index contributed by atoms with van der Waals surface area (Å²) in [5.74, 6) is 0.110. The van der Waals surface area contributed by atoms with Crippen LogP contribution in [-0.4, -0.2) is 50.0 Å². The van der Waals surface area contributed by atoms with Crippen LogP contribution in [-0.2, 0) is 10.0 Å². The number of benzene rings is 1. The molecule has 0 spiro atoms. The van der Waals surface area contributed by atoms with Gasteiger partial charge >= 0.3 is 0 Å². The van der Waals surface area contributed by atoms with E-state index in [9.17, 15) is 13.2 Å². The number of carbonyl (C=O) groups excluding carboxylic acids is 1. The lowest BCUT2D eigenvalue weighted by Crippen LogP contribution is -2.37. The van der Waals surface area contributed by atoms with E-state index in [1.807, 2.05) is 27.7 Å². The minimum absolute atomic E-state index is 0.141. The first-order valence-electron chi connectivity index (χ1n) is 8.17. The molecule has 0 fully saturated rings. The number of hydrogen-bond donors (Lipinski definition) is 2. The number of aliphatic hydroxyl groups is 1. The Morgan fingerprint density at radius 2 is 1.58 bits per heavy atom. The maximum atomic E-state index is 12.8. The van der Waals surface area contributed by atoms with E-state index in [1.54, 1.807) is 0 Å². The monoisotopic (exact) mass is 356 g/mol. The summed E-state index contributed by atoms with van der Waals surface area (Å²) in [6.45, 7) is 8.87. The molecule has 0 aliphatic rings. The Bertz CT molecular complexity index is 614. The van der Waals surface area contributed by atoms with Crippen molar-refractivity contribution in [1.82, 2.24) is 9.62 Å². The largest absolute Gasteiger partial charge is 0.395 e. The fourth-order valence-corrected chi connectivity index (χ4v) is 4.05. The minimum atomic E-state index is -3.59. The lowest BCUT2D eigenvalue weighted by molar-refractivity contribution is 0.0944. The van der Waals surface area contributed by atoms with Gasteiger partial charge < -0.3 is 10.4 Å². The quantitative estimate of drug-likeness (QED) is 0.705. The summed E-state index contributed by atoms with van der Waals surface area (Å²) >= 11 is 0. The smallest absolute Gasteiger partial charge is 0.251 e. The van der Waals surface area contributed by atoms with Gasteiger partial charge in [-0.1, -0.05) is 27.7 Å². The second kappa shape index (κ2) is 9.15. The van der Waals surface area contributed by atoms with E-state index in [2.05, 4.69) is 5.32 Å². The molecule has 0 bridgehead atoms. The molecule has 0 atom stereocenters. The van der Waals surface area contributed by atoms with Crippen molar-refractivity contribution in [3.8, 4) is 0 Å². The molecule has 0 saturated carbocycles. The fourth-order valence-electron chi connectivity index (χ4n) is 2.28. The van der Waals surface area contributed by atoms with Gasteiger partial charge in [-0.25, -0.2) is 8.42 Å². The zero-order valence-electron chi connectivity index (χ0n) is 14.8. The van der Waals surface area contributed by atoms with Crippen molar-refractivity contribution in [3.63, 3.8) is 0 Å². The molecular weight excluding hydrogens is 328 g/mol. The van der Waals surface area contributed by atoms with Crippen LogP contribution in [0.15, 0.2) is 29.2 Å². The molecule has 1 aromatic carbocycles. The van der Waals surface area contributed by atoms with Gasteiger partial charge in [0.1, 0.15) is 0 Å². The zero-order valence-corrected chi connectivity index (χ0v) is 15.6. The van der Waals surface area contributed by atoms with Gasteiger partial charge in [-0.2, -0.15) is 4.31 Å². The van der Waals surface area contributed by atoms with Gasteiger partial charge in [-0.05, 0) is 36.1 Å². The highest BCUT2D eigenvalue weighted by Gasteiger charge is 2.26. The SMILES string of the molecule is CC(C)CN(CC(C)C)S(=O)(=O)c1ccc(C(=O)NCCO)cc1. The van der Waals surface area contributed by atoms with E-state index in [-0.39, 0.29) is 35.8 Å². The molecule has 136 valence electrons. The van der Waals surface area contributed by atoms with Crippen LogP contribution in [0.1, 0.15) is 38.1 Å². The molecule has 0 radical (unpaired) electrons. The van der Waals surface area contributed by atoms with Crippen molar-refractivity contribution in [3.05, 3.63) is 29.8 Å². The third-order valence-electron chi connectivity index (χ3n) is 3.29. The second-order valence-electron chi connectivity index (χ2n) is 6.61. The van der Waals surface area contributed by atoms with E-state index >= 15 is 0 Å². The molecular formula is C17H28N2O4S. The van der Waals surface area contributed by atoms with Crippen molar-refractivity contribution >= 4 is 15.9 Å². The van der Waals surface area contributed by atoms with Crippen LogP contribution in [0.2, 0.25) is 0 Å². The second-order valence-corrected chi connectivity index (χ2v) is 8.55. The van der Waals surface area contributed by atoms with Crippen molar-refractivity contribution in [2.75, 3.05) is 26.2 Å². The minimum Gasteiger partial charge on any atom is -0.395 e. The summed E-state index contributed by atoms with van der Waals surface area (Å²) in [4.78, 5) is 12.0. The average molecular weight is 356 g/mol. The molecule has 0 aromatic heterocycles. The molecule has 1 amide bonds. The van der Waals surface area contributed by atoms with E-state index in [4.69, 9.17) is 5.11 Å². The Balaban J connectivity index is 3.01. The lowest BCUT2D eigenvalue weighted by atomic mass is 10.2. The van der Waals surface area contributed by atoms with Gasteiger partial charge in [0.15, 0.2) is 0 Å². The van der Waals surface area contributed by atoms with Crippen LogP contribution in [0, 0.1) is 11.8 Å². The van der Waals surface area contributed by atoms with Gasteiger partial charge in [0, 0.05) is 25.2 Å². The Labute approximate surface area is 144 Å². The lowest BCUT2D eigenvalue weighted by Gasteiger charge is -2.25. The number of carbonyl (C=O) groups is 1.